The Hall–Kier alpha value is -1.86. The first-order valence-electron chi connectivity index (χ1n) is 6.30. The van der Waals surface area contributed by atoms with Crippen molar-refractivity contribution >= 4 is 15.9 Å². The van der Waals surface area contributed by atoms with Crippen molar-refractivity contribution in [2.75, 3.05) is 0 Å². The predicted molar refractivity (Wildman–Crippen MR) is 82.6 cm³/mol. The van der Waals surface area contributed by atoms with Gasteiger partial charge in [0.05, 0.1) is 18.0 Å². The van der Waals surface area contributed by atoms with E-state index >= 15 is 0 Å². The van der Waals surface area contributed by atoms with Gasteiger partial charge >= 0.3 is 0 Å². The second kappa shape index (κ2) is 5.64. The molecule has 0 aliphatic rings. The standard InChI is InChI=1S/C16H15BrN2O/c1-16(2,11-18)14-6-4-3-5-12(14)9-19-10-13(17)7-8-15(19)20/h3-8,10H,9H2,1-2H3. The molecule has 0 unspecified atom stereocenters. The summed E-state index contributed by atoms with van der Waals surface area (Å²) < 4.78 is 2.49. The van der Waals surface area contributed by atoms with Crippen molar-refractivity contribution in [2.45, 2.75) is 25.8 Å². The van der Waals surface area contributed by atoms with Gasteiger partial charge in [-0.15, -0.1) is 0 Å². The average molecular weight is 331 g/mol. The summed E-state index contributed by atoms with van der Waals surface area (Å²) in [6.07, 6.45) is 1.76. The first kappa shape index (κ1) is 14.5. The lowest BCUT2D eigenvalue weighted by atomic mass is 9.83. The summed E-state index contributed by atoms with van der Waals surface area (Å²) in [6, 6.07) is 13.3. The van der Waals surface area contributed by atoms with E-state index in [0.29, 0.717) is 6.54 Å². The molecule has 0 N–H and O–H groups in total. The summed E-state index contributed by atoms with van der Waals surface area (Å²) >= 11 is 3.37. The van der Waals surface area contributed by atoms with Crippen molar-refractivity contribution < 1.29 is 0 Å². The maximum absolute atomic E-state index is 11.9. The smallest absolute Gasteiger partial charge is 0.250 e. The van der Waals surface area contributed by atoms with Crippen molar-refractivity contribution in [3.05, 3.63) is 68.5 Å². The normalized spacial score (nSPS) is 11.1. The highest BCUT2D eigenvalue weighted by molar-refractivity contribution is 9.10. The van der Waals surface area contributed by atoms with Gasteiger partial charge in [0.1, 0.15) is 0 Å². The molecular formula is C16H15BrN2O. The van der Waals surface area contributed by atoms with Gasteiger partial charge in [-0.05, 0) is 47.0 Å². The summed E-state index contributed by atoms with van der Waals surface area (Å²) in [4.78, 5) is 11.9. The fourth-order valence-corrected chi connectivity index (χ4v) is 2.52. The molecule has 0 aliphatic heterocycles. The van der Waals surface area contributed by atoms with Crippen LogP contribution < -0.4 is 5.56 Å². The topological polar surface area (TPSA) is 45.8 Å². The third-order valence-corrected chi connectivity index (χ3v) is 3.73. The maximum Gasteiger partial charge on any atom is 0.250 e. The highest BCUT2D eigenvalue weighted by Crippen LogP contribution is 2.26. The molecule has 1 heterocycles. The molecular weight excluding hydrogens is 316 g/mol. The van der Waals surface area contributed by atoms with Crippen molar-refractivity contribution in [3.8, 4) is 6.07 Å². The van der Waals surface area contributed by atoms with Crippen LogP contribution in [-0.4, -0.2) is 4.57 Å². The monoisotopic (exact) mass is 330 g/mol. The summed E-state index contributed by atoms with van der Waals surface area (Å²) in [6.45, 7) is 4.23. The van der Waals surface area contributed by atoms with Gasteiger partial charge in [-0.3, -0.25) is 4.79 Å². The highest BCUT2D eigenvalue weighted by atomic mass is 79.9. The Bertz CT molecular complexity index is 726. The molecule has 1 aromatic heterocycles. The lowest BCUT2D eigenvalue weighted by Crippen LogP contribution is -2.22. The van der Waals surface area contributed by atoms with E-state index < -0.39 is 5.41 Å². The Kier molecular flexibility index (Phi) is 4.10. The number of hydrogen-bond donors (Lipinski definition) is 0. The zero-order chi connectivity index (χ0) is 14.8. The molecule has 0 spiro atoms. The van der Waals surface area contributed by atoms with Crippen molar-refractivity contribution in [1.82, 2.24) is 4.57 Å². The van der Waals surface area contributed by atoms with Gasteiger partial charge < -0.3 is 4.57 Å². The summed E-state index contributed by atoms with van der Waals surface area (Å²) in [5.41, 5.74) is 1.30. The van der Waals surface area contributed by atoms with Crippen molar-refractivity contribution in [3.63, 3.8) is 0 Å². The third-order valence-electron chi connectivity index (χ3n) is 3.26. The molecule has 1 aromatic carbocycles. The van der Waals surface area contributed by atoms with E-state index in [1.165, 1.54) is 6.07 Å². The molecule has 0 saturated heterocycles. The van der Waals surface area contributed by atoms with Gasteiger partial charge in [0.15, 0.2) is 0 Å². The van der Waals surface area contributed by atoms with Gasteiger partial charge in [-0.25, -0.2) is 0 Å². The second-order valence-electron chi connectivity index (χ2n) is 5.21. The van der Waals surface area contributed by atoms with Crippen LogP contribution in [0.5, 0.6) is 0 Å². The molecule has 0 bridgehead atoms. The number of halogens is 1. The molecule has 0 fully saturated rings. The van der Waals surface area contributed by atoms with Gasteiger partial charge in [-0.1, -0.05) is 24.3 Å². The van der Waals surface area contributed by atoms with Crippen LogP contribution in [-0.2, 0) is 12.0 Å². The van der Waals surface area contributed by atoms with E-state index in [9.17, 15) is 10.1 Å². The van der Waals surface area contributed by atoms with E-state index in [-0.39, 0.29) is 5.56 Å². The molecule has 0 saturated carbocycles. The molecule has 3 nitrogen and oxygen atoms in total. The van der Waals surface area contributed by atoms with Gasteiger partial charge in [0.25, 0.3) is 5.56 Å². The number of hydrogen-bond acceptors (Lipinski definition) is 2. The molecule has 2 rings (SSSR count). The number of rotatable bonds is 3. The van der Waals surface area contributed by atoms with E-state index in [2.05, 4.69) is 22.0 Å². The largest absolute Gasteiger partial charge is 0.310 e. The molecule has 0 amide bonds. The molecule has 0 aliphatic carbocycles. The average Bonchev–Trinajstić information content (AvgIpc) is 2.43. The van der Waals surface area contributed by atoms with Crippen molar-refractivity contribution in [1.29, 1.82) is 5.26 Å². The van der Waals surface area contributed by atoms with Gasteiger partial charge in [0.2, 0.25) is 0 Å². The van der Waals surface area contributed by atoms with Crippen LogP contribution in [0.25, 0.3) is 0 Å². The van der Waals surface area contributed by atoms with Crippen LogP contribution in [0, 0.1) is 11.3 Å². The molecule has 2 aromatic rings. The summed E-state index contributed by atoms with van der Waals surface area (Å²) in [7, 11) is 0. The first-order valence-corrected chi connectivity index (χ1v) is 7.09. The number of nitriles is 1. The number of pyridine rings is 1. The Labute approximate surface area is 126 Å². The zero-order valence-corrected chi connectivity index (χ0v) is 13.0. The number of nitrogens with zero attached hydrogens (tertiary/aromatic N) is 2. The first-order chi connectivity index (χ1) is 9.44. The van der Waals surface area contributed by atoms with E-state index in [0.717, 1.165) is 15.6 Å². The van der Waals surface area contributed by atoms with Crippen molar-refractivity contribution in [2.24, 2.45) is 0 Å². The van der Waals surface area contributed by atoms with Crippen LogP contribution in [0.2, 0.25) is 0 Å². The Balaban J connectivity index is 2.48. The minimum Gasteiger partial charge on any atom is -0.310 e. The second-order valence-corrected chi connectivity index (χ2v) is 6.12. The number of aromatic nitrogens is 1. The zero-order valence-electron chi connectivity index (χ0n) is 11.4. The molecule has 4 heteroatoms. The quantitative estimate of drug-likeness (QED) is 0.865. The van der Waals surface area contributed by atoms with E-state index in [4.69, 9.17) is 0 Å². The lowest BCUT2D eigenvalue weighted by molar-refractivity contribution is 0.658. The third kappa shape index (κ3) is 3.00. The van der Waals surface area contributed by atoms with Crippen LogP contribution in [0.4, 0.5) is 0 Å². The minimum absolute atomic E-state index is 0.0576. The fraction of sp³-hybridized carbons (Fsp3) is 0.250. The summed E-state index contributed by atoms with van der Waals surface area (Å²) in [5.74, 6) is 0. The Morgan fingerprint density at radius 1 is 1.25 bits per heavy atom. The SMILES string of the molecule is CC(C)(C#N)c1ccccc1Cn1cc(Br)ccc1=O. The van der Waals surface area contributed by atoms with Crippen LogP contribution in [0.3, 0.4) is 0 Å². The van der Waals surface area contributed by atoms with Gasteiger partial charge in [0, 0.05) is 16.7 Å². The van der Waals surface area contributed by atoms with E-state index in [1.54, 1.807) is 16.8 Å². The Morgan fingerprint density at radius 2 is 1.95 bits per heavy atom. The minimum atomic E-state index is -0.577. The van der Waals surface area contributed by atoms with Crippen LogP contribution in [0.15, 0.2) is 51.9 Å². The maximum atomic E-state index is 11.9. The number of benzene rings is 1. The van der Waals surface area contributed by atoms with Crippen LogP contribution >= 0.6 is 15.9 Å². The van der Waals surface area contributed by atoms with Gasteiger partial charge in [-0.2, -0.15) is 5.26 Å². The molecule has 0 atom stereocenters. The van der Waals surface area contributed by atoms with Crippen LogP contribution in [0.1, 0.15) is 25.0 Å². The molecule has 20 heavy (non-hydrogen) atoms. The molecule has 102 valence electrons. The molecule has 0 radical (unpaired) electrons. The fourth-order valence-electron chi connectivity index (χ4n) is 2.14. The lowest BCUT2D eigenvalue weighted by Gasteiger charge is -2.20. The Morgan fingerprint density at radius 3 is 2.65 bits per heavy atom. The summed E-state index contributed by atoms with van der Waals surface area (Å²) in [5, 5.41) is 9.31. The predicted octanol–water partition coefficient (Wildman–Crippen LogP) is 3.46. The van der Waals surface area contributed by atoms with E-state index in [1.807, 2.05) is 38.1 Å². The highest BCUT2D eigenvalue weighted by Gasteiger charge is 2.22.